The third-order valence-corrected chi connectivity index (χ3v) is 7.33. The van der Waals surface area contributed by atoms with Crippen LogP contribution in [0.3, 0.4) is 0 Å². The van der Waals surface area contributed by atoms with Crippen LogP contribution in [0, 0.1) is 0 Å². The lowest BCUT2D eigenvalue weighted by molar-refractivity contribution is 0.0489. The first-order valence-corrected chi connectivity index (χ1v) is 9.96. The Morgan fingerprint density at radius 2 is 2.00 bits per heavy atom. The zero-order valence-corrected chi connectivity index (χ0v) is 16.4. The number of H-pyrrole nitrogens is 1. The van der Waals surface area contributed by atoms with Crippen LogP contribution in [-0.2, 0) is 10.0 Å². The number of nitrogens with one attached hydrogen (secondary N) is 1. The lowest BCUT2D eigenvalue weighted by Crippen LogP contribution is -2.61. The molecule has 0 spiro atoms. The molecule has 0 saturated carbocycles. The third kappa shape index (κ3) is 3.32. The van der Waals surface area contributed by atoms with Crippen LogP contribution in [0.5, 0.6) is 0 Å². The minimum atomic E-state index is -3.88. The second-order valence-electron chi connectivity index (χ2n) is 6.54. The van der Waals surface area contributed by atoms with E-state index in [1.165, 1.54) is 22.6 Å². The van der Waals surface area contributed by atoms with Gasteiger partial charge >= 0.3 is 0 Å². The highest BCUT2D eigenvalue weighted by Crippen LogP contribution is 2.35. The molecular formula is C15H17Cl2N5O3S. The Bertz CT molecular complexity index is 931. The molecule has 1 amide bonds. The number of carbonyl (C=O) groups excluding carboxylic acids is 1. The Morgan fingerprint density at radius 3 is 2.62 bits per heavy atom. The highest BCUT2D eigenvalue weighted by Gasteiger charge is 2.43. The van der Waals surface area contributed by atoms with Gasteiger partial charge in [0.1, 0.15) is 10.6 Å². The molecule has 2 heterocycles. The second-order valence-corrected chi connectivity index (χ2v) is 9.15. The van der Waals surface area contributed by atoms with Crippen molar-refractivity contribution in [3.8, 4) is 0 Å². The summed E-state index contributed by atoms with van der Waals surface area (Å²) in [4.78, 5) is 14.0. The molecule has 0 radical (unpaired) electrons. The summed E-state index contributed by atoms with van der Waals surface area (Å²) in [5.41, 5.74) is -0.582. The van der Waals surface area contributed by atoms with Crippen LogP contribution in [0.15, 0.2) is 29.3 Å². The molecule has 1 saturated heterocycles. The number of amides is 1. The van der Waals surface area contributed by atoms with Crippen molar-refractivity contribution in [2.75, 3.05) is 19.6 Å². The normalized spacial score (nSPS) is 18.1. The fourth-order valence-corrected chi connectivity index (χ4v) is 5.54. The maximum absolute atomic E-state index is 13.1. The summed E-state index contributed by atoms with van der Waals surface area (Å²) in [5, 5.41) is 9.82. The molecule has 8 nitrogen and oxygen atoms in total. The molecule has 0 unspecified atom stereocenters. The topological polar surface area (TPSA) is 99.3 Å². The van der Waals surface area contributed by atoms with Gasteiger partial charge in [0.05, 0.1) is 16.2 Å². The van der Waals surface area contributed by atoms with Gasteiger partial charge in [0.15, 0.2) is 0 Å². The molecule has 3 rings (SSSR count). The predicted octanol–water partition coefficient (Wildman–Crippen LogP) is 2.04. The van der Waals surface area contributed by atoms with E-state index in [-0.39, 0.29) is 46.2 Å². The number of halogens is 2. The fraction of sp³-hybridized carbons (Fsp3) is 0.400. The van der Waals surface area contributed by atoms with Crippen LogP contribution in [0.25, 0.3) is 0 Å². The number of hydrogen-bond acceptors (Lipinski definition) is 5. The van der Waals surface area contributed by atoms with Crippen molar-refractivity contribution in [3.63, 3.8) is 0 Å². The average molecular weight is 418 g/mol. The lowest BCUT2D eigenvalue weighted by Gasteiger charge is -2.45. The van der Waals surface area contributed by atoms with Crippen molar-refractivity contribution < 1.29 is 13.2 Å². The summed E-state index contributed by atoms with van der Waals surface area (Å²) in [7, 11) is -3.88. The maximum Gasteiger partial charge on any atom is 0.273 e. The van der Waals surface area contributed by atoms with Gasteiger partial charge in [0.25, 0.3) is 5.91 Å². The molecule has 26 heavy (non-hydrogen) atoms. The molecule has 0 bridgehead atoms. The molecule has 140 valence electrons. The Morgan fingerprint density at radius 1 is 1.27 bits per heavy atom. The number of aromatic nitrogens is 3. The first kappa shape index (κ1) is 19.1. The largest absolute Gasteiger partial charge is 0.334 e. The van der Waals surface area contributed by atoms with Crippen molar-refractivity contribution in [1.29, 1.82) is 0 Å². The van der Waals surface area contributed by atoms with E-state index in [0.717, 1.165) is 0 Å². The number of sulfonamides is 1. The number of nitrogens with zero attached hydrogens (tertiary/aromatic N) is 4. The lowest BCUT2D eigenvalue weighted by atomic mass is 10.0. The molecule has 2 aromatic rings. The third-order valence-electron chi connectivity index (χ3n) is 4.24. The van der Waals surface area contributed by atoms with Gasteiger partial charge in [0.2, 0.25) is 10.0 Å². The summed E-state index contributed by atoms with van der Waals surface area (Å²) < 4.78 is 27.6. The molecule has 1 aliphatic rings. The number of aromatic amines is 1. The fourth-order valence-electron chi connectivity index (χ4n) is 3.03. The zero-order chi connectivity index (χ0) is 19.1. The summed E-state index contributed by atoms with van der Waals surface area (Å²) in [6.07, 6.45) is 1.34. The Kier molecular flexibility index (Phi) is 5.00. The summed E-state index contributed by atoms with van der Waals surface area (Å²) >= 11 is 12.1. The molecule has 11 heteroatoms. The van der Waals surface area contributed by atoms with Gasteiger partial charge in [-0.15, -0.1) is 5.10 Å². The van der Waals surface area contributed by atoms with Gasteiger partial charge < -0.3 is 4.90 Å². The highest BCUT2D eigenvalue weighted by molar-refractivity contribution is 7.89. The van der Waals surface area contributed by atoms with Crippen molar-refractivity contribution in [1.82, 2.24) is 24.6 Å². The zero-order valence-electron chi connectivity index (χ0n) is 14.1. The van der Waals surface area contributed by atoms with Gasteiger partial charge in [-0.25, -0.2) is 8.42 Å². The number of hydrogen-bond donors (Lipinski definition) is 1. The molecule has 1 aliphatic heterocycles. The van der Waals surface area contributed by atoms with Gasteiger partial charge in [-0.05, 0) is 26.0 Å². The molecule has 1 N–H and O–H groups in total. The van der Waals surface area contributed by atoms with E-state index >= 15 is 0 Å². The van der Waals surface area contributed by atoms with Gasteiger partial charge in [-0.2, -0.15) is 4.31 Å². The Hall–Kier alpha value is -1.68. The Labute approximate surface area is 161 Å². The monoisotopic (exact) mass is 417 g/mol. The highest BCUT2D eigenvalue weighted by atomic mass is 35.5. The SMILES string of the molecule is CC1(C)CN(C(=O)c2cnn[nH]2)CCN1S(=O)(=O)c1cccc(Cl)c1Cl. The van der Waals surface area contributed by atoms with Gasteiger partial charge in [-0.3, -0.25) is 9.89 Å². The van der Waals surface area contributed by atoms with Crippen LogP contribution in [0.4, 0.5) is 0 Å². The molecule has 1 aromatic heterocycles. The van der Waals surface area contributed by atoms with Crippen LogP contribution in [-0.4, -0.2) is 64.1 Å². The minimum absolute atomic E-state index is 0.00740. The average Bonchev–Trinajstić information content (AvgIpc) is 3.09. The maximum atomic E-state index is 13.1. The smallest absolute Gasteiger partial charge is 0.273 e. The van der Waals surface area contributed by atoms with Gasteiger partial charge in [-0.1, -0.05) is 34.5 Å². The molecule has 1 fully saturated rings. The van der Waals surface area contributed by atoms with Crippen LogP contribution in [0.2, 0.25) is 10.0 Å². The van der Waals surface area contributed by atoms with E-state index in [4.69, 9.17) is 23.2 Å². The van der Waals surface area contributed by atoms with E-state index in [0.29, 0.717) is 0 Å². The second kappa shape index (κ2) is 6.80. The van der Waals surface area contributed by atoms with Crippen molar-refractivity contribution in [3.05, 3.63) is 40.1 Å². The Balaban J connectivity index is 1.89. The van der Waals surface area contributed by atoms with Crippen LogP contribution < -0.4 is 0 Å². The first-order chi connectivity index (χ1) is 12.1. The van der Waals surface area contributed by atoms with Crippen LogP contribution >= 0.6 is 23.2 Å². The molecule has 0 atom stereocenters. The number of carbonyl (C=O) groups is 1. The molecular weight excluding hydrogens is 401 g/mol. The van der Waals surface area contributed by atoms with E-state index in [2.05, 4.69) is 15.4 Å². The first-order valence-electron chi connectivity index (χ1n) is 7.77. The number of piperazine rings is 1. The van der Waals surface area contributed by atoms with Crippen molar-refractivity contribution in [2.24, 2.45) is 0 Å². The van der Waals surface area contributed by atoms with Crippen LogP contribution in [0.1, 0.15) is 24.3 Å². The van der Waals surface area contributed by atoms with Gasteiger partial charge in [0, 0.05) is 25.2 Å². The standard InChI is InChI=1S/C15H17Cl2N5O3S/c1-15(2)9-21(14(23)11-8-18-20-19-11)6-7-22(15)26(24,25)12-5-3-4-10(16)13(12)17/h3-5,8H,6-7,9H2,1-2H3,(H,18,19,20). The summed E-state index contributed by atoms with van der Waals surface area (Å²) in [5.74, 6) is -0.277. The molecule has 1 aromatic carbocycles. The molecule has 0 aliphatic carbocycles. The van der Waals surface area contributed by atoms with E-state index < -0.39 is 15.6 Å². The number of rotatable bonds is 3. The van der Waals surface area contributed by atoms with E-state index in [1.807, 2.05) is 0 Å². The minimum Gasteiger partial charge on any atom is -0.334 e. The quantitative estimate of drug-likeness (QED) is 0.823. The van der Waals surface area contributed by atoms with Crippen molar-refractivity contribution >= 4 is 39.1 Å². The van der Waals surface area contributed by atoms with E-state index in [1.54, 1.807) is 24.8 Å². The predicted molar refractivity (Wildman–Crippen MR) is 96.7 cm³/mol. The summed E-state index contributed by atoms with van der Waals surface area (Å²) in [6, 6.07) is 4.50. The van der Waals surface area contributed by atoms with E-state index in [9.17, 15) is 13.2 Å². The number of benzene rings is 1. The summed E-state index contributed by atoms with van der Waals surface area (Å²) in [6.45, 7) is 4.09. The van der Waals surface area contributed by atoms with Crippen molar-refractivity contribution in [2.45, 2.75) is 24.3 Å².